The van der Waals surface area contributed by atoms with E-state index >= 15 is 0 Å². The van der Waals surface area contributed by atoms with E-state index < -0.39 is 0 Å². The molecule has 0 amide bonds. The molecule has 0 heterocycles. The highest BCUT2D eigenvalue weighted by atomic mass is 16.7. The number of ether oxygens (including phenoxy) is 2. The van der Waals surface area contributed by atoms with Gasteiger partial charge in [-0.2, -0.15) is 0 Å². The van der Waals surface area contributed by atoms with Crippen molar-refractivity contribution in [2.45, 2.75) is 52.4 Å². The van der Waals surface area contributed by atoms with Crippen LogP contribution >= 0.6 is 0 Å². The highest BCUT2D eigenvalue weighted by Crippen LogP contribution is 2.08. The maximum Gasteiger partial charge on any atom is 0.157 e. The molecule has 0 bridgehead atoms. The molecule has 3 nitrogen and oxygen atoms in total. The first-order chi connectivity index (χ1) is 6.24. The summed E-state index contributed by atoms with van der Waals surface area (Å²) in [7, 11) is 0. The number of hydrogen-bond donors (Lipinski definition) is 1. The second kappa shape index (κ2) is 8.48. The zero-order valence-corrected chi connectivity index (χ0v) is 8.95. The van der Waals surface area contributed by atoms with Crippen LogP contribution in [0.4, 0.5) is 0 Å². The van der Waals surface area contributed by atoms with E-state index in [0.717, 1.165) is 19.3 Å². The van der Waals surface area contributed by atoms with Crippen molar-refractivity contribution >= 4 is 0 Å². The molecule has 0 saturated heterocycles. The van der Waals surface area contributed by atoms with Crippen molar-refractivity contribution in [3.63, 3.8) is 0 Å². The third-order valence-electron chi connectivity index (χ3n) is 1.91. The average molecular weight is 190 g/mol. The lowest BCUT2D eigenvalue weighted by Gasteiger charge is -2.17. The zero-order valence-electron chi connectivity index (χ0n) is 8.95. The molecular weight excluding hydrogens is 168 g/mol. The van der Waals surface area contributed by atoms with Crippen molar-refractivity contribution in [3.05, 3.63) is 0 Å². The third-order valence-corrected chi connectivity index (χ3v) is 1.91. The molecule has 0 aromatic carbocycles. The summed E-state index contributed by atoms with van der Waals surface area (Å²) in [5.41, 5.74) is 0. The molecule has 80 valence electrons. The molecule has 1 N–H and O–H groups in total. The van der Waals surface area contributed by atoms with Gasteiger partial charge in [-0.25, -0.2) is 0 Å². The monoisotopic (exact) mass is 190 g/mol. The van der Waals surface area contributed by atoms with Crippen LogP contribution in [0.2, 0.25) is 0 Å². The van der Waals surface area contributed by atoms with Gasteiger partial charge in [0.15, 0.2) is 6.29 Å². The molecule has 0 saturated carbocycles. The van der Waals surface area contributed by atoms with Crippen LogP contribution in [0.3, 0.4) is 0 Å². The van der Waals surface area contributed by atoms with Crippen molar-refractivity contribution < 1.29 is 14.6 Å². The second-order valence-corrected chi connectivity index (χ2v) is 2.98. The molecule has 1 unspecified atom stereocenters. The fourth-order valence-electron chi connectivity index (χ4n) is 1.12. The summed E-state index contributed by atoms with van der Waals surface area (Å²) in [4.78, 5) is 0. The first kappa shape index (κ1) is 12.9. The van der Waals surface area contributed by atoms with Gasteiger partial charge in [0.05, 0.1) is 6.10 Å². The van der Waals surface area contributed by atoms with Gasteiger partial charge in [0.25, 0.3) is 0 Å². The SMILES string of the molecule is CCOC(CCC(O)CC)OCC. The largest absolute Gasteiger partial charge is 0.393 e. The lowest BCUT2D eigenvalue weighted by molar-refractivity contribution is -0.143. The van der Waals surface area contributed by atoms with Crippen LogP contribution in [0, 0.1) is 0 Å². The van der Waals surface area contributed by atoms with Gasteiger partial charge in [-0.3, -0.25) is 0 Å². The smallest absolute Gasteiger partial charge is 0.157 e. The predicted octanol–water partition coefficient (Wildman–Crippen LogP) is 1.94. The quantitative estimate of drug-likeness (QED) is 0.594. The van der Waals surface area contributed by atoms with Gasteiger partial charge < -0.3 is 14.6 Å². The summed E-state index contributed by atoms with van der Waals surface area (Å²) in [5, 5.41) is 9.33. The maximum atomic E-state index is 9.33. The van der Waals surface area contributed by atoms with Crippen molar-refractivity contribution in [1.29, 1.82) is 0 Å². The Labute approximate surface area is 81.0 Å². The van der Waals surface area contributed by atoms with E-state index in [1.165, 1.54) is 0 Å². The first-order valence-electron chi connectivity index (χ1n) is 5.15. The summed E-state index contributed by atoms with van der Waals surface area (Å²) < 4.78 is 10.7. The maximum absolute atomic E-state index is 9.33. The fraction of sp³-hybridized carbons (Fsp3) is 1.00. The van der Waals surface area contributed by atoms with Gasteiger partial charge in [-0.15, -0.1) is 0 Å². The Hall–Kier alpha value is -0.120. The standard InChI is InChI=1S/C10H22O3/c1-4-9(11)7-8-10(12-5-2)13-6-3/h9-11H,4-8H2,1-3H3. The van der Waals surface area contributed by atoms with Gasteiger partial charge in [0.2, 0.25) is 0 Å². The molecule has 0 radical (unpaired) electrons. The highest BCUT2D eigenvalue weighted by Gasteiger charge is 2.10. The van der Waals surface area contributed by atoms with Crippen LogP contribution in [0.15, 0.2) is 0 Å². The molecule has 0 fully saturated rings. The fourth-order valence-corrected chi connectivity index (χ4v) is 1.12. The zero-order chi connectivity index (χ0) is 10.1. The van der Waals surface area contributed by atoms with Crippen molar-refractivity contribution in [2.75, 3.05) is 13.2 Å². The average Bonchev–Trinajstić information content (AvgIpc) is 2.14. The molecule has 13 heavy (non-hydrogen) atoms. The van der Waals surface area contributed by atoms with E-state index in [2.05, 4.69) is 0 Å². The predicted molar refractivity (Wildman–Crippen MR) is 52.6 cm³/mol. The van der Waals surface area contributed by atoms with E-state index in [-0.39, 0.29) is 12.4 Å². The number of rotatable bonds is 8. The molecule has 0 spiro atoms. The lowest BCUT2D eigenvalue weighted by Crippen LogP contribution is -2.19. The Morgan fingerprint density at radius 2 is 1.54 bits per heavy atom. The summed E-state index contributed by atoms with van der Waals surface area (Å²) >= 11 is 0. The van der Waals surface area contributed by atoms with E-state index in [9.17, 15) is 5.11 Å². The highest BCUT2D eigenvalue weighted by molar-refractivity contribution is 4.54. The molecule has 0 aliphatic rings. The lowest BCUT2D eigenvalue weighted by atomic mass is 10.1. The summed E-state index contributed by atoms with van der Waals surface area (Å²) in [5.74, 6) is 0. The first-order valence-corrected chi connectivity index (χ1v) is 5.15. The molecule has 0 aliphatic heterocycles. The van der Waals surface area contributed by atoms with E-state index in [1.807, 2.05) is 20.8 Å². The Kier molecular flexibility index (Phi) is 8.40. The van der Waals surface area contributed by atoms with Crippen LogP contribution < -0.4 is 0 Å². The van der Waals surface area contributed by atoms with Crippen LogP contribution in [0.25, 0.3) is 0 Å². The van der Waals surface area contributed by atoms with Crippen LogP contribution in [0.5, 0.6) is 0 Å². The number of aliphatic hydroxyl groups is 1. The van der Waals surface area contributed by atoms with Gasteiger partial charge in [0.1, 0.15) is 0 Å². The summed E-state index contributed by atoms with van der Waals surface area (Å²) in [6, 6.07) is 0. The molecule has 0 rings (SSSR count). The minimum atomic E-state index is -0.219. The molecular formula is C10H22O3. The van der Waals surface area contributed by atoms with Crippen molar-refractivity contribution in [1.82, 2.24) is 0 Å². The molecule has 0 aliphatic carbocycles. The van der Waals surface area contributed by atoms with Gasteiger partial charge >= 0.3 is 0 Å². The minimum absolute atomic E-state index is 0.142. The molecule has 1 atom stereocenters. The topological polar surface area (TPSA) is 38.7 Å². The van der Waals surface area contributed by atoms with E-state index in [1.54, 1.807) is 0 Å². The van der Waals surface area contributed by atoms with Crippen LogP contribution in [-0.2, 0) is 9.47 Å². The van der Waals surface area contributed by atoms with Gasteiger partial charge in [0, 0.05) is 19.6 Å². The van der Waals surface area contributed by atoms with Gasteiger partial charge in [-0.05, 0) is 26.7 Å². The van der Waals surface area contributed by atoms with Crippen molar-refractivity contribution in [3.8, 4) is 0 Å². The van der Waals surface area contributed by atoms with Crippen LogP contribution in [-0.4, -0.2) is 30.7 Å². The van der Waals surface area contributed by atoms with E-state index in [0.29, 0.717) is 13.2 Å². The Balaban J connectivity index is 3.55. The molecule has 3 heteroatoms. The van der Waals surface area contributed by atoms with Gasteiger partial charge in [-0.1, -0.05) is 6.92 Å². The Morgan fingerprint density at radius 1 is 1.00 bits per heavy atom. The summed E-state index contributed by atoms with van der Waals surface area (Å²) in [6.45, 7) is 7.19. The molecule has 0 aromatic rings. The van der Waals surface area contributed by atoms with Crippen LogP contribution in [0.1, 0.15) is 40.0 Å². The normalized spacial score (nSPS) is 13.6. The Morgan fingerprint density at radius 3 is 1.92 bits per heavy atom. The van der Waals surface area contributed by atoms with E-state index in [4.69, 9.17) is 9.47 Å². The number of hydrogen-bond acceptors (Lipinski definition) is 3. The Bertz CT molecular complexity index is 100. The molecule has 0 aromatic heterocycles. The second-order valence-electron chi connectivity index (χ2n) is 2.98. The number of aliphatic hydroxyl groups excluding tert-OH is 1. The van der Waals surface area contributed by atoms with Crippen molar-refractivity contribution in [2.24, 2.45) is 0 Å². The summed E-state index contributed by atoms with van der Waals surface area (Å²) in [6.07, 6.45) is 1.96. The third kappa shape index (κ3) is 6.99. The minimum Gasteiger partial charge on any atom is -0.393 e.